The van der Waals surface area contributed by atoms with Crippen molar-refractivity contribution in [3.63, 3.8) is 0 Å². The SMILES string of the molecule is COc1ccc(-c2cc(COC=O)on2)cc1I. The topological polar surface area (TPSA) is 61.6 Å². The maximum absolute atomic E-state index is 10.1. The van der Waals surface area contributed by atoms with E-state index in [1.807, 2.05) is 18.2 Å². The molecule has 1 aromatic carbocycles. The van der Waals surface area contributed by atoms with Gasteiger partial charge in [-0.15, -0.1) is 0 Å². The van der Waals surface area contributed by atoms with Gasteiger partial charge in [0, 0.05) is 11.6 Å². The van der Waals surface area contributed by atoms with Crippen molar-refractivity contribution in [3.8, 4) is 17.0 Å². The second-order valence-electron chi connectivity index (χ2n) is 3.44. The van der Waals surface area contributed by atoms with E-state index >= 15 is 0 Å². The van der Waals surface area contributed by atoms with Crippen LogP contribution in [0.2, 0.25) is 0 Å². The minimum Gasteiger partial charge on any atom is -0.496 e. The second-order valence-corrected chi connectivity index (χ2v) is 4.60. The van der Waals surface area contributed by atoms with Gasteiger partial charge in [0.15, 0.2) is 12.4 Å². The number of benzene rings is 1. The van der Waals surface area contributed by atoms with E-state index in [0.29, 0.717) is 17.9 Å². The fraction of sp³-hybridized carbons (Fsp3) is 0.167. The second kappa shape index (κ2) is 5.85. The van der Waals surface area contributed by atoms with Gasteiger partial charge in [-0.1, -0.05) is 5.16 Å². The summed E-state index contributed by atoms with van der Waals surface area (Å²) in [4.78, 5) is 10.1. The third kappa shape index (κ3) is 2.81. The molecule has 0 atom stereocenters. The largest absolute Gasteiger partial charge is 0.496 e. The molecule has 18 heavy (non-hydrogen) atoms. The summed E-state index contributed by atoms with van der Waals surface area (Å²) >= 11 is 2.19. The van der Waals surface area contributed by atoms with Gasteiger partial charge in [0.2, 0.25) is 0 Å². The molecule has 0 fully saturated rings. The van der Waals surface area contributed by atoms with Crippen LogP contribution in [-0.2, 0) is 16.1 Å². The standard InChI is InChI=1S/C12H10INO4/c1-16-12-3-2-8(4-10(12)13)11-5-9(18-14-11)6-17-7-15/h2-5,7H,6H2,1H3. The summed E-state index contributed by atoms with van der Waals surface area (Å²) in [6.07, 6.45) is 0. The number of hydrogen-bond acceptors (Lipinski definition) is 5. The number of rotatable bonds is 5. The third-order valence-corrected chi connectivity index (χ3v) is 3.14. The number of carbonyl (C=O) groups is 1. The zero-order chi connectivity index (χ0) is 13.0. The van der Waals surface area contributed by atoms with Crippen molar-refractivity contribution in [1.29, 1.82) is 0 Å². The molecule has 6 heteroatoms. The molecule has 1 aromatic heterocycles. The number of nitrogens with zero attached hydrogens (tertiary/aromatic N) is 1. The highest BCUT2D eigenvalue weighted by atomic mass is 127. The molecule has 1 heterocycles. The van der Waals surface area contributed by atoms with Crippen molar-refractivity contribution in [2.75, 3.05) is 7.11 Å². The van der Waals surface area contributed by atoms with Crippen LogP contribution in [0.5, 0.6) is 5.75 Å². The first-order chi connectivity index (χ1) is 8.74. The van der Waals surface area contributed by atoms with E-state index in [0.717, 1.165) is 14.9 Å². The van der Waals surface area contributed by atoms with Gasteiger partial charge in [0.1, 0.15) is 11.4 Å². The Hall–Kier alpha value is -1.57. The average molecular weight is 359 g/mol. The van der Waals surface area contributed by atoms with Crippen molar-refractivity contribution in [1.82, 2.24) is 5.16 Å². The average Bonchev–Trinajstić information content (AvgIpc) is 2.85. The fourth-order valence-corrected chi connectivity index (χ4v) is 2.19. The smallest absolute Gasteiger partial charge is 0.293 e. The Bertz CT molecular complexity index is 553. The third-order valence-electron chi connectivity index (χ3n) is 2.30. The summed E-state index contributed by atoms with van der Waals surface area (Å²) in [7, 11) is 1.63. The first-order valence-corrected chi connectivity index (χ1v) is 6.17. The van der Waals surface area contributed by atoms with E-state index in [2.05, 4.69) is 32.5 Å². The molecule has 0 amide bonds. The summed E-state index contributed by atoms with van der Waals surface area (Å²) in [6, 6.07) is 7.44. The zero-order valence-corrected chi connectivity index (χ0v) is 11.7. The normalized spacial score (nSPS) is 10.1. The van der Waals surface area contributed by atoms with Gasteiger partial charge in [0.25, 0.3) is 6.47 Å². The van der Waals surface area contributed by atoms with Gasteiger partial charge in [-0.2, -0.15) is 0 Å². The van der Waals surface area contributed by atoms with E-state index in [4.69, 9.17) is 9.26 Å². The van der Waals surface area contributed by atoms with Crippen LogP contribution in [0, 0.1) is 3.57 Å². The number of ether oxygens (including phenoxy) is 2. The zero-order valence-electron chi connectivity index (χ0n) is 9.55. The minimum absolute atomic E-state index is 0.0871. The summed E-state index contributed by atoms with van der Waals surface area (Å²) in [5, 5.41) is 3.92. The summed E-state index contributed by atoms with van der Waals surface area (Å²) in [5.41, 5.74) is 1.61. The van der Waals surface area contributed by atoms with Crippen LogP contribution in [0.15, 0.2) is 28.8 Å². The van der Waals surface area contributed by atoms with Crippen molar-refractivity contribution in [2.24, 2.45) is 0 Å². The van der Waals surface area contributed by atoms with Crippen molar-refractivity contribution in [2.45, 2.75) is 6.61 Å². The fourth-order valence-electron chi connectivity index (χ4n) is 1.46. The molecule has 0 unspecified atom stereocenters. The van der Waals surface area contributed by atoms with Gasteiger partial charge >= 0.3 is 0 Å². The monoisotopic (exact) mass is 359 g/mol. The summed E-state index contributed by atoms with van der Waals surface area (Å²) < 4.78 is 15.8. The Kier molecular flexibility index (Phi) is 4.19. The predicted octanol–water partition coefficient (Wildman–Crippen LogP) is 2.63. The molecule has 0 aliphatic rings. The number of carbonyl (C=O) groups excluding carboxylic acids is 1. The molecule has 5 nitrogen and oxygen atoms in total. The number of aromatic nitrogens is 1. The molecule has 0 saturated heterocycles. The van der Waals surface area contributed by atoms with Gasteiger partial charge in [-0.25, -0.2) is 0 Å². The molecule has 0 radical (unpaired) electrons. The summed E-state index contributed by atoms with van der Waals surface area (Å²) in [6.45, 7) is 0.461. The highest BCUT2D eigenvalue weighted by Crippen LogP contribution is 2.27. The Labute approximate surface area is 117 Å². The molecule has 0 N–H and O–H groups in total. The molecule has 0 saturated carbocycles. The quantitative estimate of drug-likeness (QED) is 0.607. The number of hydrogen-bond donors (Lipinski definition) is 0. The molecule has 0 aliphatic carbocycles. The van der Waals surface area contributed by atoms with Crippen molar-refractivity contribution < 1.29 is 18.8 Å². The van der Waals surface area contributed by atoms with Crippen LogP contribution in [0.4, 0.5) is 0 Å². The van der Waals surface area contributed by atoms with E-state index in [-0.39, 0.29) is 6.61 Å². The Morgan fingerprint density at radius 2 is 2.28 bits per heavy atom. The van der Waals surface area contributed by atoms with E-state index in [1.165, 1.54) is 0 Å². The van der Waals surface area contributed by atoms with Crippen molar-refractivity contribution >= 4 is 29.1 Å². The predicted molar refractivity (Wildman–Crippen MR) is 72.1 cm³/mol. The lowest BCUT2D eigenvalue weighted by molar-refractivity contribution is -0.130. The van der Waals surface area contributed by atoms with Gasteiger partial charge < -0.3 is 14.0 Å². The van der Waals surface area contributed by atoms with Crippen LogP contribution in [-0.4, -0.2) is 18.7 Å². The van der Waals surface area contributed by atoms with E-state index in [1.54, 1.807) is 13.2 Å². The van der Waals surface area contributed by atoms with Crippen LogP contribution in [0.1, 0.15) is 5.76 Å². The molecular weight excluding hydrogens is 349 g/mol. The maximum atomic E-state index is 10.1. The van der Waals surface area contributed by atoms with Crippen LogP contribution >= 0.6 is 22.6 Å². The Morgan fingerprint density at radius 1 is 1.44 bits per heavy atom. The van der Waals surface area contributed by atoms with Gasteiger partial charge in [-0.05, 0) is 40.8 Å². The van der Waals surface area contributed by atoms with Gasteiger partial charge in [0.05, 0.1) is 10.7 Å². The molecular formula is C12H10INO4. The van der Waals surface area contributed by atoms with Gasteiger partial charge in [-0.3, -0.25) is 4.79 Å². The van der Waals surface area contributed by atoms with E-state index < -0.39 is 0 Å². The van der Waals surface area contributed by atoms with Crippen LogP contribution < -0.4 is 4.74 Å². The van der Waals surface area contributed by atoms with E-state index in [9.17, 15) is 4.79 Å². The number of methoxy groups -OCH3 is 1. The number of halogens is 1. The lowest BCUT2D eigenvalue weighted by Gasteiger charge is -2.03. The lowest BCUT2D eigenvalue weighted by Crippen LogP contribution is -1.87. The summed E-state index contributed by atoms with van der Waals surface area (Å²) in [5.74, 6) is 1.32. The molecule has 94 valence electrons. The van der Waals surface area contributed by atoms with Crippen LogP contribution in [0.25, 0.3) is 11.3 Å². The molecule has 2 aromatic rings. The lowest BCUT2D eigenvalue weighted by atomic mass is 10.1. The Morgan fingerprint density at radius 3 is 2.94 bits per heavy atom. The first kappa shape index (κ1) is 12.9. The van der Waals surface area contributed by atoms with Crippen LogP contribution in [0.3, 0.4) is 0 Å². The van der Waals surface area contributed by atoms with Crippen molar-refractivity contribution in [3.05, 3.63) is 33.6 Å². The molecule has 2 rings (SSSR count). The highest BCUT2D eigenvalue weighted by molar-refractivity contribution is 14.1. The molecule has 0 bridgehead atoms. The molecule has 0 spiro atoms. The molecule has 0 aliphatic heterocycles. The Balaban J connectivity index is 2.23. The minimum atomic E-state index is 0.0871. The first-order valence-electron chi connectivity index (χ1n) is 5.09. The highest BCUT2D eigenvalue weighted by Gasteiger charge is 2.09. The maximum Gasteiger partial charge on any atom is 0.293 e.